The Bertz CT molecular complexity index is 1540. The zero-order valence-electron chi connectivity index (χ0n) is 19.3. The van der Waals surface area contributed by atoms with E-state index in [1.807, 2.05) is 13.8 Å². The number of nitrogens with zero attached hydrogens (tertiary/aromatic N) is 5. The van der Waals surface area contributed by atoms with E-state index in [1.54, 1.807) is 37.4 Å². The van der Waals surface area contributed by atoms with E-state index in [2.05, 4.69) is 21.1 Å². The number of fused-ring (bicyclic) bond motifs is 7. The van der Waals surface area contributed by atoms with E-state index in [0.29, 0.717) is 27.9 Å². The van der Waals surface area contributed by atoms with E-state index in [-0.39, 0.29) is 34.6 Å². The molecule has 4 heterocycles. The quantitative estimate of drug-likeness (QED) is 0.423. The summed E-state index contributed by atoms with van der Waals surface area (Å²) in [5.41, 5.74) is 8.87. The van der Waals surface area contributed by atoms with Crippen molar-refractivity contribution in [3.63, 3.8) is 0 Å². The van der Waals surface area contributed by atoms with E-state index < -0.39 is 17.7 Å². The predicted octanol–water partition coefficient (Wildman–Crippen LogP) is 4.87. The Hall–Kier alpha value is -4.58. The molecule has 35 heavy (non-hydrogen) atoms. The second-order valence-electron chi connectivity index (χ2n) is 8.55. The third-order valence-electron chi connectivity index (χ3n) is 5.95. The first-order valence-corrected chi connectivity index (χ1v) is 11.0. The highest BCUT2D eigenvalue weighted by Gasteiger charge is 2.30. The summed E-state index contributed by atoms with van der Waals surface area (Å²) in [6.07, 6.45) is 2.39. The first kappa shape index (κ1) is 22.2. The Kier molecular flexibility index (Phi) is 5.29. The van der Waals surface area contributed by atoms with Crippen molar-refractivity contribution in [2.24, 2.45) is 0 Å². The molecule has 0 unspecified atom stereocenters. The minimum absolute atomic E-state index is 0.0827. The van der Waals surface area contributed by atoms with Crippen LogP contribution >= 0.6 is 0 Å². The number of carbonyl (C=O) groups is 1. The van der Waals surface area contributed by atoms with Crippen LogP contribution < -0.4 is 10.5 Å². The van der Waals surface area contributed by atoms with Gasteiger partial charge < -0.3 is 10.5 Å². The van der Waals surface area contributed by atoms with Crippen molar-refractivity contribution in [1.82, 2.24) is 19.7 Å². The van der Waals surface area contributed by atoms with Crippen molar-refractivity contribution in [1.29, 1.82) is 5.26 Å². The molecule has 1 aliphatic rings. The van der Waals surface area contributed by atoms with Crippen LogP contribution in [-0.2, 0) is 0 Å². The predicted molar refractivity (Wildman–Crippen MR) is 127 cm³/mol. The van der Waals surface area contributed by atoms with Crippen LogP contribution in [0.4, 0.5) is 10.2 Å². The van der Waals surface area contributed by atoms with Crippen molar-refractivity contribution < 1.29 is 13.9 Å². The molecule has 9 heteroatoms. The highest BCUT2D eigenvalue weighted by Crippen LogP contribution is 2.39. The van der Waals surface area contributed by atoms with Gasteiger partial charge >= 0.3 is 0 Å². The third-order valence-corrected chi connectivity index (χ3v) is 5.95. The zero-order valence-corrected chi connectivity index (χ0v) is 19.3. The summed E-state index contributed by atoms with van der Waals surface area (Å²) in [7, 11) is 0. The number of rotatable bonds is 1. The SMILES string of the molecule is CC(C)n1nc2c(c1C#N)-c1cnc(N)c(c1)O[C@H](C)c1cc(F)ccc1-c1ncccc1C2=O. The molecule has 2 bridgehead atoms. The minimum atomic E-state index is -0.655. The lowest BCUT2D eigenvalue weighted by Gasteiger charge is -2.21. The van der Waals surface area contributed by atoms with Gasteiger partial charge in [-0.2, -0.15) is 10.4 Å². The van der Waals surface area contributed by atoms with Crippen molar-refractivity contribution in [2.45, 2.75) is 32.9 Å². The number of hydrogen-bond acceptors (Lipinski definition) is 7. The smallest absolute Gasteiger partial charge is 0.216 e. The Morgan fingerprint density at radius 3 is 2.71 bits per heavy atom. The molecule has 4 aromatic rings. The number of nitrogen functional groups attached to an aromatic ring is 1. The molecule has 174 valence electrons. The number of aromatic nitrogens is 4. The lowest BCUT2D eigenvalue weighted by Crippen LogP contribution is -2.12. The van der Waals surface area contributed by atoms with Gasteiger partial charge in [-0.25, -0.2) is 9.37 Å². The molecule has 8 nitrogen and oxygen atoms in total. The lowest BCUT2D eigenvalue weighted by atomic mass is 9.92. The van der Waals surface area contributed by atoms with Crippen LogP contribution in [0.5, 0.6) is 5.75 Å². The van der Waals surface area contributed by atoms with Gasteiger partial charge in [-0.05, 0) is 57.2 Å². The standard InChI is InChI=1S/C26H21FN6O2/c1-13(2)33-20(11-28)22-15-9-21(26(29)31-12-15)35-14(3)19-10-16(27)6-7-17(19)23-18(5-4-8-30-23)25(34)24(22)32-33/h4-10,12-14H,1-3H3,(H2,29,31)/t14-/m1/s1. The molecule has 0 radical (unpaired) electrons. The molecule has 3 aromatic heterocycles. The normalized spacial score (nSPS) is 14.6. The first-order chi connectivity index (χ1) is 16.8. The molecule has 0 saturated heterocycles. The molecule has 1 atom stereocenters. The number of nitrogens with two attached hydrogens (primary N) is 1. The molecular formula is C26H21FN6O2. The molecule has 1 aliphatic heterocycles. The van der Waals surface area contributed by atoms with Crippen molar-refractivity contribution in [3.8, 4) is 34.2 Å². The maximum Gasteiger partial charge on any atom is 0.216 e. The van der Waals surface area contributed by atoms with Gasteiger partial charge in [-0.15, -0.1) is 0 Å². The van der Waals surface area contributed by atoms with E-state index >= 15 is 0 Å². The van der Waals surface area contributed by atoms with Crippen LogP contribution in [0.15, 0.2) is 48.8 Å². The number of hydrogen-bond donors (Lipinski definition) is 1. The fourth-order valence-electron chi connectivity index (χ4n) is 4.30. The molecule has 1 aromatic carbocycles. The van der Waals surface area contributed by atoms with Gasteiger partial charge in [0.1, 0.15) is 29.4 Å². The van der Waals surface area contributed by atoms with Crippen molar-refractivity contribution in [3.05, 3.63) is 77.1 Å². The maximum absolute atomic E-state index is 14.3. The van der Waals surface area contributed by atoms with Crippen molar-refractivity contribution in [2.75, 3.05) is 5.73 Å². The monoisotopic (exact) mass is 468 g/mol. The number of nitriles is 1. The molecule has 0 saturated carbocycles. The van der Waals surface area contributed by atoms with Gasteiger partial charge in [0.05, 0.1) is 16.8 Å². The minimum Gasteiger partial charge on any atom is -0.482 e. The van der Waals surface area contributed by atoms with Gasteiger partial charge in [0.2, 0.25) is 5.78 Å². The first-order valence-electron chi connectivity index (χ1n) is 11.0. The fourth-order valence-corrected chi connectivity index (χ4v) is 4.30. The van der Waals surface area contributed by atoms with Gasteiger partial charge in [0.15, 0.2) is 11.6 Å². The van der Waals surface area contributed by atoms with E-state index in [1.165, 1.54) is 23.0 Å². The van der Waals surface area contributed by atoms with E-state index in [4.69, 9.17) is 10.5 Å². The number of halogens is 1. The highest BCUT2D eigenvalue weighted by molar-refractivity contribution is 6.15. The van der Waals surface area contributed by atoms with Crippen LogP contribution in [0.3, 0.4) is 0 Å². The highest BCUT2D eigenvalue weighted by atomic mass is 19.1. The summed E-state index contributed by atoms with van der Waals surface area (Å²) in [5.74, 6) is -0.503. The van der Waals surface area contributed by atoms with Crippen LogP contribution in [0, 0.1) is 17.1 Å². The number of ether oxygens (including phenoxy) is 1. The topological polar surface area (TPSA) is 120 Å². The molecule has 0 spiro atoms. The largest absolute Gasteiger partial charge is 0.482 e. The van der Waals surface area contributed by atoms with E-state index in [9.17, 15) is 14.4 Å². The van der Waals surface area contributed by atoms with Crippen molar-refractivity contribution >= 4 is 11.6 Å². The molecule has 0 amide bonds. The average molecular weight is 468 g/mol. The van der Waals surface area contributed by atoms with Crippen LogP contribution in [-0.4, -0.2) is 25.5 Å². The Morgan fingerprint density at radius 1 is 1.17 bits per heavy atom. The molecule has 2 N–H and O–H groups in total. The van der Waals surface area contributed by atoms with Crippen LogP contribution in [0.1, 0.15) is 60.2 Å². The number of pyridine rings is 2. The van der Waals surface area contributed by atoms with Crippen LogP contribution in [0.2, 0.25) is 0 Å². The molecule has 5 rings (SSSR count). The second kappa shape index (κ2) is 8.33. The Balaban J connectivity index is 1.91. The lowest BCUT2D eigenvalue weighted by molar-refractivity contribution is 0.103. The van der Waals surface area contributed by atoms with E-state index in [0.717, 1.165) is 0 Å². The van der Waals surface area contributed by atoms with Gasteiger partial charge in [-0.1, -0.05) is 0 Å². The summed E-state index contributed by atoms with van der Waals surface area (Å²) in [6.45, 7) is 5.50. The third kappa shape index (κ3) is 3.60. The summed E-state index contributed by atoms with van der Waals surface area (Å²) >= 11 is 0. The maximum atomic E-state index is 14.3. The molecule has 0 fully saturated rings. The average Bonchev–Trinajstić information content (AvgIpc) is 3.24. The molecular weight excluding hydrogens is 447 g/mol. The van der Waals surface area contributed by atoms with Crippen LogP contribution in [0.25, 0.3) is 22.4 Å². The number of benzene rings is 1. The number of anilines is 1. The fraction of sp³-hybridized carbons (Fsp3) is 0.192. The molecule has 0 aliphatic carbocycles. The summed E-state index contributed by atoms with van der Waals surface area (Å²) < 4.78 is 22.0. The Morgan fingerprint density at radius 2 is 1.97 bits per heavy atom. The summed E-state index contributed by atoms with van der Waals surface area (Å²) in [6, 6.07) is 11.2. The number of ketones is 1. The summed E-state index contributed by atoms with van der Waals surface area (Å²) in [5, 5.41) is 14.6. The van der Waals surface area contributed by atoms with Gasteiger partial charge in [-0.3, -0.25) is 14.5 Å². The van der Waals surface area contributed by atoms with Gasteiger partial charge in [0, 0.05) is 35.1 Å². The Labute approximate surface area is 200 Å². The number of carbonyl (C=O) groups excluding carboxylic acids is 1. The van der Waals surface area contributed by atoms with Gasteiger partial charge in [0.25, 0.3) is 0 Å². The second-order valence-corrected chi connectivity index (χ2v) is 8.55. The zero-order chi connectivity index (χ0) is 24.9. The summed E-state index contributed by atoms with van der Waals surface area (Å²) in [4.78, 5) is 22.7.